The number of pyridine rings is 1. The Morgan fingerprint density at radius 3 is 2.23 bits per heavy atom. The van der Waals surface area contributed by atoms with Crippen molar-refractivity contribution < 1.29 is 31.5 Å². The Kier molecular flexibility index (Phi) is 14.9. The van der Waals surface area contributed by atoms with E-state index < -0.39 is 62.5 Å². The molecule has 0 fully saturated rings. The Morgan fingerprint density at radius 1 is 0.936 bits per heavy atom. The van der Waals surface area contributed by atoms with Crippen LogP contribution in [-0.4, -0.2) is 61.0 Å². The molecule has 0 aliphatic carbocycles. The van der Waals surface area contributed by atoms with Crippen LogP contribution < -0.4 is 16.4 Å². The molecular weight excluding hydrogens is 626 g/mol. The van der Waals surface area contributed by atoms with Crippen molar-refractivity contribution >= 4 is 21.7 Å². The largest absolute Gasteiger partial charge is 0.458 e. The number of ether oxygens (including phenoxy) is 1. The van der Waals surface area contributed by atoms with Crippen LogP contribution in [0.1, 0.15) is 73.5 Å². The number of benzene rings is 2. The SMILES string of the molecule is CCCC(CCC)S(=O)(=O)C[C@@H](NC(=O)c1cccnc1)C(=O)O[C@H](CNCc1cccc(CC)c1)[C@@H](N)Cc1cc(F)cc(F)c1. The van der Waals surface area contributed by atoms with Crippen LogP contribution in [0.4, 0.5) is 8.78 Å². The minimum atomic E-state index is -3.85. The zero-order valence-corrected chi connectivity index (χ0v) is 28.1. The standard InChI is InChI=1S/C35H46F2N4O5S/c1-4-9-30(10-5-2)47(44,45)23-32(41-34(42)27-13-8-14-39-21-27)35(43)46-33(22-40-20-25-12-7-11-24(6-3)15-25)31(38)18-26-16-28(36)19-29(37)17-26/h7-8,11-17,19,21,30-33,40H,4-6,9-10,18,20,22-23,38H2,1-3H3,(H,41,42)/t31-,32+,33+/m0/s1. The smallest absolute Gasteiger partial charge is 0.330 e. The molecule has 47 heavy (non-hydrogen) atoms. The molecule has 3 rings (SSSR count). The topological polar surface area (TPSA) is 140 Å². The zero-order valence-electron chi connectivity index (χ0n) is 27.3. The van der Waals surface area contributed by atoms with Crippen molar-refractivity contribution in [2.24, 2.45) is 5.73 Å². The summed E-state index contributed by atoms with van der Waals surface area (Å²) in [5.41, 5.74) is 9.03. The van der Waals surface area contributed by atoms with Crippen LogP contribution in [0.25, 0.3) is 0 Å². The van der Waals surface area contributed by atoms with E-state index in [0.717, 1.165) is 35.7 Å². The zero-order chi connectivity index (χ0) is 34.4. The molecule has 0 radical (unpaired) electrons. The maximum atomic E-state index is 14.0. The predicted octanol–water partition coefficient (Wildman–Crippen LogP) is 4.68. The van der Waals surface area contributed by atoms with Gasteiger partial charge in [0.25, 0.3) is 5.91 Å². The molecule has 9 nitrogen and oxygen atoms in total. The van der Waals surface area contributed by atoms with Gasteiger partial charge in [-0.25, -0.2) is 22.0 Å². The number of hydrogen-bond donors (Lipinski definition) is 3. The summed E-state index contributed by atoms with van der Waals surface area (Å²) < 4.78 is 60.9. The van der Waals surface area contributed by atoms with Crippen LogP contribution in [-0.2, 0) is 38.8 Å². The predicted molar refractivity (Wildman–Crippen MR) is 178 cm³/mol. The first-order valence-corrected chi connectivity index (χ1v) is 17.8. The molecule has 1 amide bonds. The van der Waals surface area contributed by atoms with Gasteiger partial charge in [-0.1, -0.05) is 57.9 Å². The molecule has 0 aliphatic heterocycles. The van der Waals surface area contributed by atoms with Gasteiger partial charge in [-0.15, -0.1) is 0 Å². The van der Waals surface area contributed by atoms with Gasteiger partial charge in [0.1, 0.15) is 23.8 Å². The summed E-state index contributed by atoms with van der Waals surface area (Å²) in [5.74, 6) is -3.89. The third kappa shape index (κ3) is 12.1. The first kappa shape index (κ1) is 37.7. The van der Waals surface area contributed by atoms with Crippen LogP contribution in [0.2, 0.25) is 0 Å². The highest BCUT2D eigenvalue weighted by atomic mass is 32.2. The lowest BCUT2D eigenvalue weighted by Crippen LogP contribution is -2.52. The van der Waals surface area contributed by atoms with Crippen molar-refractivity contribution in [3.63, 3.8) is 0 Å². The van der Waals surface area contributed by atoms with E-state index in [0.29, 0.717) is 32.2 Å². The molecule has 2 aromatic carbocycles. The molecule has 3 aromatic rings. The number of esters is 1. The molecule has 12 heteroatoms. The van der Waals surface area contributed by atoms with Crippen LogP contribution in [0.3, 0.4) is 0 Å². The first-order valence-electron chi connectivity index (χ1n) is 16.1. The average Bonchev–Trinajstić information content (AvgIpc) is 3.03. The number of nitrogens with two attached hydrogens (primary N) is 1. The molecule has 0 aliphatic rings. The van der Waals surface area contributed by atoms with Crippen molar-refractivity contribution in [2.75, 3.05) is 12.3 Å². The number of amides is 1. The number of sulfone groups is 1. The van der Waals surface area contributed by atoms with Gasteiger partial charge in [-0.3, -0.25) is 9.78 Å². The summed E-state index contributed by atoms with van der Waals surface area (Å²) in [5, 5.41) is 5.08. The third-order valence-electron chi connectivity index (χ3n) is 7.85. The van der Waals surface area contributed by atoms with Crippen molar-refractivity contribution in [3.8, 4) is 0 Å². The Hall–Kier alpha value is -3.74. The Bertz CT molecular complexity index is 1530. The molecule has 0 unspecified atom stereocenters. The van der Waals surface area contributed by atoms with Gasteiger partial charge in [0.15, 0.2) is 9.84 Å². The van der Waals surface area contributed by atoms with Crippen molar-refractivity contribution in [1.82, 2.24) is 15.6 Å². The quantitative estimate of drug-likeness (QED) is 0.156. The number of nitrogens with zero attached hydrogens (tertiary/aromatic N) is 1. The van der Waals surface area contributed by atoms with Crippen molar-refractivity contribution in [2.45, 2.75) is 89.3 Å². The van der Waals surface area contributed by atoms with Crippen LogP contribution >= 0.6 is 0 Å². The summed E-state index contributed by atoms with van der Waals surface area (Å²) in [4.78, 5) is 30.8. The van der Waals surface area contributed by atoms with Gasteiger partial charge in [-0.2, -0.15) is 0 Å². The Labute approximate surface area is 276 Å². The van der Waals surface area contributed by atoms with E-state index in [-0.39, 0.29) is 24.1 Å². The number of carbonyl (C=O) groups is 2. The fourth-order valence-electron chi connectivity index (χ4n) is 5.39. The monoisotopic (exact) mass is 672 g/mol. The Morgan fingerprint density at radius 2 is 1.62 bits per heavy atom. The van der Waals surface area contributed by atoms with Crippen molar-refractivity contribution in [1.29, 1.82) is 0 Å². The second-order valence-corrected chi connectivity index (χ2v) is 14.0. The normalized spacial score (nSPS) is 13.6. The molecule has 1 heterocycles. The maximum absolute atomic E-state index is 14.0. The summed E-state index contributed by atoms with van der Waals surface area (Å²) in [6.45, 7) is 6.28. The highest BCUT2D eigenvalue weighted by Crippen LogP contribution is 2.19. The van der Waals surface area contributed by atoms with E-state index in [1.807, 2.05) is 45.0 Å². The molecule has 3 atom stereocenters. The number of rotatable bonds is 19. The van der Waals surface area contributed by atoms with Crippen LogP contribution in [0.5, 0.6) is 0 Å². The van der Waals surface area contributed by atoms with Gasteiger partial charge >= 0.3 is 5.97 Å². The molecular formula is C35H46F2N4O5S. The molecule has 4 N–H and O–H groups in total. The lowest BCUT2D eigenvalue weighted by atomic mass is 10.0. The number of hydrogen-bond acceptors (Lipinski definition) is 8. The van der Waals surface area contributed by atoms with E-state index in [9.17, 15) is 26.8 Å². The summed E-state index contributed by atoms with van der Waals surface area (Å²) in [6, 6.07) is 11.5. The van der Waals surface area contributed by atoms with Crippen molar-refractivity contribution in [3.05, 3.63) is 101 Å². The highest BCUT2D eigenvalue weighted by molar-refractivity contribution is 7.92. The summed E-state index contributed by atoms with van der Waals surface area (Å²) in [6.07, 6.45) is 4.63. The molecule has 0 saturated carbocycles. The molecule has 1 aromatic heterocycles. The second kappa shape index (κ2) is 18.6. The van der Waals surface area contributed by atoms with Crippen LogP contribution in [0, 0.1) is 11.6 Å². The molecule has 256 valence electrons. The van der Waals surface area contributed by atoms with Gasteiger partial charge in [0, 0.05) is 37.6 Å². The summed E-state index contributed by atoms with van der Waals surface area (Å²) in [7, 11) is -3.85. The van der Waals surface area contributed by atoms with E-state index >= 15 is 0 Å². The third-order valence-corrected chi connectivity index (χ3v) is 10.1. The summed E-state index contributed by atoms with van der Waals surface area (Å²) >= 11 is 0. The lowest BCUT2D eigenvalue weighted by molar-refractivity contribution is -0.151. The van der Waals surface area contributed by atoms with Crippen LogP contribution in [0.15, 0.2) is 67.0 Å². The number of aryl methyl sites for hydroxylation is 1. The first-order chi connectivity index (χ1) is 22.4. The average molecular weight is 673 g/mol. The minimum absolute atomic E-state index is 0.0420. The highest BCUT2D eigenvalue weighted by Gasteiger charge is 2.35. The van der Waals surface area contributed by atoms with E-state index in [4.69, 9.17) is 10.5 Å². The number of aromatic nitrogens is 1. The molecule has 0 bridgehead atoms. The van der Waals surface area contributed by atoms with E-state index in [1.54, 1.807) is 6.07 Å². The minimum Gasteiger partial charge on any atom is -0.458 e. The van der Waals surface area contributed by atoms with Gasteiger partial charge in [-0.05, 0) is 66.6 Å². The van der Waals surface area contributed by atoms with Gasteiger partial charge in [0.2, 0.25) is 0 Å². The van der Waals surface area contributed by atoms with Gasteiger partial charge < -0.3 is 21.1 Å². The number of carbonyl (C=O) groups excluding carboxylic acids is 2. The number of nitrogens with one attached hydrogen (secondary N) is 2. The van der Waals surface area contributed by atoms with E-state index in [2.05, 4.69) is 15.6 Å². The molecule has 0 spiro atoms. The maximum Gasteiger partial charge on any atom is 0.330 e. The fraction of sp³-hybridized carbons (Fsp3) is 0.457. The van der Waals surface area contributed by atoms with E-state index in [1.165, 1.54) is 18.5 Å². The Balaban J connectivity index is 1.88. The fourth-order valence-corrected chi connectivity index (χ4v) is 7.53. The van der Waals surface area contributed by atoms with Gasteiger partial charge in [0.05, 0.1) is 16.6 Å². The lowest BCUT2D eigenvalue weighted by Gasteiger charge is -2.28. The number of halogens is 2. The molecule has 0 saturated heterocycles. The second-order valence-electron chi connectivity index (χ2n) is 11.7.